The quantitative estimate of drug-likeness (QED) is 0.791. The Hall–Kier alpha value is -2.62. The number of aromatic nitrogens is 2. The maximum absolute atomic E-state index is 12.1. The number of rotatable bonds is 3. The van der Waals surface area contributed by atoms with Gasteiger partial charge in [-0.2, -0.15) is 0 Å². The number of nitrogens with zero attached hydrogens (tertiary/aromatic N) is 2. The molecule has 20 heavy (non-hydrogen) atoms. The maximum atomic E-state index is 12.1. The monoisotopic (exact) mass is 265 g/mol. The Labute approximate surface area is 117 Å². The Morgan fingerprint density at radius 3 is 2.95 bits per heavy atom. The topological polar surface area (TPSA) is 46.9 Å². The number of hydrogen-bond acceptors (Lipinski definition) is 2. The van der Waals surface area contributed by atoms with Crippen LogP contribution < -0.4 is 5.32 Å². The number of hydrogen-bond donors (Lipinski definition) is 1. The van der Waals surface area contributed by atoms with E-state index in [2.05, 4.69) is 10.3 Å². The second kappa shape index (κ2) is 5.17. The molecular weight excluding hydrogens is 250 g/mol. The molecule has 0 aliphatic carbocycles. The van der Waals surface area contributed by atoms with Gasteiger partial charge >= 0.3 is 0 Å². The first-order chi connectivity index (χ1) is 9.74. The van der Waals surface area contributed by atoms with Crippen LogP contribution in [0.4, 0.5) is 0 Å². The van der Waals surface area contributed by atoms with Gasteiger partial charge in [-0.05, 0) is 36.4 Å². The predicted octanol–water partition coefficient (Wildman–Crippen LogP) is 2.50. The van der Waals surface area contributed by atoms with Crippen LogP contribution in [0, 0.1) is 0 Å². The van der Waals surface area contributed by atoms with Crippen LogP contribution in [0.15, 0.2) is 54.9 Å². The van der Waals surface area contributed by atoms with Crippen LogP contribution >= 0.6 is 0 Å². The van der Waals surface area contributed by atoms with E-state index in [0.29, 0.717) is 12.1 Å². The molecular formula is C16H15N3O. The molecule has 0 spiro atoms. The lowest BCUT2D eigenvalue weighted by atomic mass is 10.1. The number of fused-ring (bicyclic) bond motifs is 1. The van der Waals surface area contributed by atoms with Gasteiger partial charge in [-0.25, -0.2) is 0 Å². The first-order valence-corrected chi connectivity index (χ1v) is 6.47. The minimum absolute atomic E-state index is 0.0820. The van der Waals surface area contributed by atoms with Gasteiger partial charge in [0.05, 0.1) is 12.2 Å². The molecule has 0 atom stereocenters. The van der Waals surface area contributed by atoms with Crippen molar-refractivity contribution in [3.05, 3.63) is 66.1 Å². The lowest BCUT2D eigenvalue weighted by Gasteiger charge is -2.05. The van der Waals surface area contributed by atoms with Crippen LogP contribution in [0.5, 0.6) is 0 Å². The highest BCUT2D eigenvalue weighted by atomic mass is 16.1. The first-order valence-electron chi connectivity index (χ1n) is 6.47. The van der Waals surface area contributed by atoms with Crippen LogP contribution in [0.1, 0.15) is 16.1 Å². The second-order valence-corrected chi connectivity index (χ2v) is 4.70. The molecule has 0 saturated carbocycles. The average molecular weight is 265 g/mol. The van der Waals surface area contributed by atoms with Crippen molar-refractivity contribution in [3.63, 3.8) is 0 Å². The number of carbonyl (C=O) groups excluding carboxylic acids is 1. The average Bonchev–Trinajstić information content (AvgIpc) is 2.87. The summed E-state index contributed by atoms with van der Waals surface area (Å²) in [6.45, 7) is 0.437. The number of amides is 1. The van der Waals surface area contributed by atoms with Gasteiger partial charge < -0.3 is 9.88 Å². The van der Waals surface area contributed by atoms with Crippen LogP contribution in [-0.4, -0.2) is 15.5 Å². The minimum Gasteiger partial charge on any atom is -0.351 e. The molecule has 1 aromatic carbocycles. The lowest BCUT2D eigenvalue weighted by molar-refractivity contribution is 0.0950. The third-order valence-corrected chi connectivity index (χ3v) is 3.30. The molecule has 0 aliphatic rings. The highest BCUT2D eigenvalue weighted by molar-refractivity contribution is 5.98. The summed E-state index contributed by atoms with van der Waals surface area (Å²) in [4.78, 5) is 16.3. The van der Waals surface area contributed by atoms with E-state index in [9.17, 15) is 4.79 Å². The molecule has 3 aromatic rings. The van der Waals surface area contributed by atoms with Gasteiger partial charge in [-0.15, -0.1) is 0 Å². The van der Waals surface area contributed by atoms with Crippen molar-refractivity contribution in [2.24, 2.45) is 7.05 Å². The Bertz CT molecular complexity index is 747. The lowest BCUT2D eigenvalue weighted by Crippen LogP contribution is -2.23. The fraction of sp³-hybridized carbons (Fsp3) is 0.125. The van der Waals surface area contributed by atoms with Gasteiger partial charge in [-0.1, -0.05) is 6.07 Å². The van der Waals surface area contributed by atoms with E-state index in [-0.39, 0.29) is 5.91 Å². The summed E-state index contributed by atoms with van der Waals surface area (Å²) in [6, 6.07) is 13.4. The summed E-state index contributed by atoms with van der Waals surface area (Å²) < 4.78 is 2.03. The Balaban J connectivity index is 1.75. The Morgan fingerprint density at radius 2 is 2.15 bits per heavy atom. The summed E-state index contributed by atoms with van der Waals surface area (Å²) >= 11 is 0. The summed E-state index contributed by atoms with van der Waals surface area (Å²) in [7, 11) is 1.99. The Morgan fingerprint density at radius 1 is 1.25 bits per heavy atom. The third-order valence-electron chi connectivity index (χ3n) is 3.30. The predicted molar refractivity (Wildman–Crippen MR) is 78.3 cm³/mol. The molecule has 4 heteroatoms. The van der Waals surface area contributed by atoms with Gasteiger partial charge in [0.15, 0.2) is 0 Å². The molecule has 3 rings (SSSR count). The number of nitrogens with one attached hydrogen (secondary N) is 1. The number of pyridine rings is 1. The molecule has 2 heterocycles. The first kappa shape index (κ1) is 12.4. The molecule has 4 nitrogen and oxygen atoms in total. The van der Waals surface area contributed by atoms with Gasteiger partial charge in [0.25, 0.3) is 5.91 Å². The number of benzene rings is 1. The zero-order chi connectivity index (χ0) is 13.9. The fourth-order valence-corrected chi connectivity index (χ4v) is 2.20. The van der Waals surface area contributed by atoms with E-state index in [1.165, 1.54) is 0 Å². The van der Waals surface area contributed by atoms with Crippen LogP contribution in [0.25, 0.3) is 10.9 Å². The smallest absolute Gasteiger partial charge is 0.251 e. The van der Waals surface area contributed by atoms with Crippen molar-refractivity contribution in [1.82, 2.24) is 14.9 Å². The summed E-state index contributed by atoms with van der Waals surface area (Å²) in [5, 5.41) is 3.95. The molecule has 0 saturated heterocycles. The third kappa shape index (κ3) is 2.40. The van der Waals surface area contributed by atoms with E-state index in [4.69, 9.17) is 0 Å². The molecule has 0 fully saturated rings. The second-order valence-electron chi connectivity index (χ2n) is 4.70. The molecule has 1 N–H and O–H groups in total. The van der Waals surface area contributed by atoms with Crippen molar-refractivity contribution in [1.29, 1.82) is 0 Å². The van der Waals surface area contributed by atoms with Crippen molar-refractivity contribution in [2.75, 3.05) is 0 Å². The number of carbonyl (C=O) groups is 1. The summed E-state index contributed by atoms with van der Waals surface area (Å²) in [6.07, 6.45) is 3.71. The Kier molecular flexibility index (Phi) is 3.21. The van der Waals surface area contributed by atoms with Crippen molar-refractivity contribution in [2.45, 2.75) is 6.54 Å². The van der Waals surface area contributed by atoms with Gasteiger partial charge in [-0.3, -0.25) is 9.78 Å². The van der Waals surface area contributed by atoms with Gasteiger partial charge in [0, 0.05) is 35.9 Å². The summed E-state index contributed by atoms with van der Waals surface area (Å²) in [5.41, 5.74) is 2.63. The van der Waals surface area contributed by atoms with Crippen molar-refractivity contribution >= 4 is 16.8 Å². The molecule has 0 aliphatic heterocycles. The van der Waals surface area contributed by atoms with Crippen molar-refractivity contribution < 1.29 is 4.79 Å². The standard InChI is InChI=1S/C16H15N3O/c1-19-9-7-12-10-13(5-6-15(12)19)16(20)18-11-14-4-2-3-8-17-14/h2-10H,11H2,1H3,(H,18,20). The molecule has 0 bridgehead atoms. The molecule has 100 valence electrons. The summed E-state index contributed by atoms with van der Waals surface area (Å²) in [5.74, 6) is -0.0820. The van der Waals surface area contributed by atoms with Crippen LogP contribution in [0.3, 0.4) is 0 Å². The van der Waals surface area contributed by atoms with E-state index in [0.717, 1.165) is 16.6 Å². The normalized spacial score (nSPS) is 10.7. The zero-order valence-electron chi connectivity index (χ0n) is 11.2. The molecule has 0 radical (unpaired) electrons. The van der Waals surface area contributed by atoms with E-state index < -0.39 is 0 Å². The maximum Gasteiger partial charge on any atom is 0.251 e. The van der Waals surface area contributed by atoms with E-state index in [1.807, 2.05) is 60.3 Å². The molecule has 2 aromatic heterocycles. The van der Waals surface area contributed by atoms with Crippen LogP contribution in [0.2, 0.25) is 0 Å². The van der Waals surface area contributed by atoms with Gasteiger partial charge in [0.1, 0.15) is 0 Å². The fourth-order valence-electron chi connectivity index (χ4n) is 2.20. The van der Waals surface area contributed by atoms with Crippen LogP contribution in [-0.2, 0) is 13.6 Å². The number of aryl methyl sites for hydroxylation is 1. The SMILES string of the molecule is Cn1ccc2cc(C(=O)NCc3ccccn3)ccc21. The van der Waals surface area contributed by atoms with E-state index >= 15 is 0 Å². The minimum atomic E-state index is -0.0820. The van der Waals surface area contributed by atoms with Gasteiger partial charge in [0.2, 0.25) is 0 Å². The van der Waals surface area contributed by atoms with Crippen molar-refractivity contribution in [3.8, 4) is 0 Å². The highest BCUT2D eigenvalue weighted by Gasteiger charge is 2.07. The zero-order valence-corrected chi connectivity index (χ0v) is 11.2. The molecule has 0 unspecified atom stereocenters. The largest absolute Gasteiger partial charge is 0.351 e. The highest BCUT2D eigenvalue weighted by Crippen LogP contribution is 2.16. The molecule has 1 amide bonds. The van der Waals surface area contributed by atoms with E-state index in [1.54, 1.807) is 6.20 Å².